The van der Waals surface area contributed by atoms with Crippen molar-refractivity contribution < 1.29 is 13.2 Å². The zero-order valence-electron chi connectivity index (χ0n) is 16.6. The topological polar surface area (TPSA) is 62.7 Å². The zero-order valence-corrected chi connectivity index (χ0v) is 17.4. The molecule has 0 radical (unpaired) electrons. The van der Waals surface area contributed by atoms with Gasteiger partial charge in [0.1, 0.15) is 0 Å². The van der Waals surface area contributed by atoms with Crippen LogP contribution in [0.3, 0.4) is 0 Å². The minimum atomic E-state index is -3.62. The molecule has 0 aliphatic carbocycles. The summed E-state index contributed by atoms with van der Waals surface area (Å²) in [7, 11) is -1.95. The molecule has 2 heterocycles. The lowest BCUT2D eigenvalue weighted by molar-refractivity contribution is 0.116. The highest BCUT2D eigenvalue weighted by molar-refractivity contribution is 7.86. The predicted molar refractivity (Wildman–Crippen MR) is 110 cm³/mol. The van der Waals surface area contributed by atoms with E-state index >= 15 is 0 Å². The molecule has 152 valence electrons. The third kappa shape index (κ3) is 5.17. The average Bonchev–Trinajstić information content (AvgIpc) is 2.70. The minimum Gasteiger partial charge on any atom is -0.384 e. The Morgan fingerprint density at radius 2 is 1.96 bits per heavy atom. The van der Waals surface area contributed by atoms with E-state index in [1.807, 2.05) is 49.4 Å². The Morgan fingerprint density at radius 3 is 2.68 bits per heavy atom. The van der Waals surface area contributed by atoms with Gasteiger partial charge in [0.2, 0.25) is 0 Å². The zero-order chi connectivity index (χ0) is 20.0. The summed E-state index contributed by atoms with van der Waals surface area (Å²) in [5.41, 5.74) is 2.74. The fourth-order valence-electron chi connectivity index (χ4n) is 3.63. The third-order valence-corrected chi connectivity index (χ3v) is 7.08. The molecule has 1 fully saturated rings. The van der Waals surface area contributed by atoms with E-state index in [4.69, 9.17) is 4.74 Å². The van der Waals surface area contributed by atoms with Gasteiger partial charge >= 0.3 is 0 Å². The fourth-order valence-corrected chi connectivity index (χ4v) is 5.31. The Hall–Kier alpha value is -1.80. The molecule has 1 aromatic heterocycles. The molecule has 0 saturated carbocycles. The van der Waals surface area contributed by atoms with E-state index in [1.165, 1.54) is 0 Å². The molecule has 1 aromatic carbocycles. The number of methoxy groups -OCH3 is 1. The van der Waals surface area contributed by atoms with Crippen molar-refractivity contribution in [3.63, 3.8) is 0 Å². The van der Waals surface area contributed by atoms with Crippen molar-refractivity contribution in [1.29, 1.82) is 0 Å². The second-order valence-electron chi connectivity index (χ2n) is 7.35. The number of ether oxygens (including phenoxy) is 1. The highest BCUT2D eigenvalue weighted by Gasteiger charge is 2.34. The molecular weight excluding hydrogens is 374 g/mol. The predicted octanol–water partition coefficient (Wildman–Crippen LogP) is 3.00. The highest BCUT2D eigenvalue weighted by atomic mass is 32.2. The summed E-state index contributed by atoms with van der Waals surface area (Å²) in [4.78, 5) is 4.42. The average molecular weight is 404 g/mol. The molecule has 0 spiro atoms. The number of rotatable bonds is 8. The number of pyridine rings is 1. The molecule has 28 heavy (non-hydrogen) atoms. The maximum atomic E-state index is 13.5. The summed E-state index contributed by atoms with van der Waals surface area (Å²) < 4.78 is 35.5. The molecular formula is C21H29N3O3S. The molecule has 2 aromatic rings. The van der Waals surface area contributed by atoms with Gasteiger partial charge in [0.25, 0.3) is 10.2 Å². The number of aryl methyl sites for hydroxylation is 1. The van der Waals surface area contributed by atoms with Gasteiger partial charge in [-0.05, 0) is 42.9 Å². The molecule has 0 bridgehead atoms. The van der Waals surface area contributed by atoms with Crippen LogP contribution in [-0.2, 0) is 28.0 Å². The first kappa shape index (κ1) is 20.9. The van der Waals surface area contributed by atoms with E-state index in [0.29, 0.717) is 26.2 Å². The van der Waals surface area contributed by atoms with Crippen LogP contribution in [0.4, 0.5) is 0 Å². The number of piperidine rings is 1. The van der Waals surface area contributed by atoms with Crippen molar-refractivity contribution in [3.05, 3.63) is 65.5 Å². The van der Waals surface area contributed by atoms with Gasteiger partial charge in [-0.2, -0.15) is 17.0 Å². The summed E-state index contributed by atoms with van der Waals surface area (Å²) in [5, 5.41) is 0. The van der Waals surface area contributed by atoms with E-state index in [-0.39, 0.29) is 12.5 Å². The van der Waals surface area contributed by atoms with Gasteiger partial charge in [0.15, 0.2) is 0 Å². The van der Waals surface area contributed by atoms with Crippen molar-refractivity contribution in [2.24, 2.45) is 5.92 Å². The van der Waals surface area contributed by atoms with Crippen molar-refractivity contribution in [1.82, 2.24) is 13.6 Å². The van der Waals surface area contributed by atoms with Crippen molar-refractivity contribution in [3.8, 4) is 0 Å². The highest BCUT2D eigenvalue weighted by Crippen LogP contribution is 2.24. The molecule has 1 atom stereocenters. The lowest BCUT2D eigenvalue weighted by Crippen LogP contribution is -2.48. The SMILES string of the molecule is COCC1CCCN(S(=O)(=O)N(Cc2ccccc2)Cc2ncccc2C)C1. The monoisotopic (exact) mass is 403 g/mol. The lowest BCUT2D eigenvalue weighted by atomic mass is 10.0. The Kier molecular flexibility index (Phi) is 7.18. The Balaban J connectivity index is 1.87. The van der Waals surface area contributed by atoms with Gasteiger partial charge in [-0.15, -0.1) is 0 Å². The molecule has 0 N–H and O–H groups in total. The Bertz CT molecular complexity index is 856. The summed E-state index contributed by atoms with van der Waals surface area (Å²) in [6.07, 6.45) is 3.57. The maximum absolute atomic E-state index is 13.5. The molecule has 1 saturated heterocycles. The van der Waals surface area contributed by atoms with Crippen molar-refractivity contribution in [2.75, 3.05) is 26.8 Å². The van der Waals surface area contributed by atoms with Gasteiger partial charge in [0.05, 0.1) is 18.8 Å². The van der Waals surface area contributed by atoms with Gasteiger partial charge in [-0.25, -0.2) is 0 Å². The van der Waals surface area contributed by atoms with Gasteiger partial charge < -0.3 is 4.74 Å². The normalized spacial score (nSPS) is 18.5. The molecule has 1 aliphatic rings. The number of hydrogen-bond acceptors (Lipinski definition) is 4. The molecule has 7 heteroatoms. The number of hydrogen-bond donors (Lipinski definition) is 0. The maximum Gasteiger partial charge on any atom is 0.282 e. The molecule has 3 rings (SSSR count). The van der Waals surface area contributed by atoms with Crippen molar-refractivity contribution >= 4 is 10.2 Å². The summed E-state index contributed by atoms with van der Waals surface area (Å²) >= 11 is 0. The quantitative estimate of drug-likeness (QED) is 0.680. The Morgan fingerprint density at radius 1 is 1.18 bits per heavy atom. The first-order valence-electron chi connectivity index (χ1n) is 9.69. The van der Waals surface area contributed by atoms with Crippen molar-refractivity contribution in [2.45, 2.75) is 32.9 Å². The van der Waals surface area contributed by atoms with E-state index in [9.17, 15) is 8.42 Å². The number of aromatic nitrogens is 1. The summed E-state index contributed by atoms with van der Waals surface area (Å²) in [6, 6.07) is 13.5. The van der Waals surface area contributed by atoms with Crippen LogP contribution in [0.15, 0.2) is 48.7 Å². The third-order valence-electron chi connectivity index (χ3n) is 5.18. The smallest absolute Gasteiger partial charge is 0.282 e. The summed E-state index contributed by atoms with van der Waals surface area (Å²) in [5.74, 6) is 0.240. The van der Waals surface area contributed by atoms with E-state index in [1.54, 1.807) is 21.9 Å². The fraction of sp³-hybridized carbons (Fsp3) is 0.476. The molecule has 6 nitrogen and oxygen atoms in total. The van der Waals surface area contributed by atoms with Gasteiger partial charge in [-0.3, -0.25) is 4.98 Å². The van der Waals surface area contributed by atoms with Crippen LogP contribution in [0.5, 0.6) is 0 Å². The van der Waals surface area contributed by atoms with Crippen LogP contribution in [0, 0.1) is 12.8 Å². The van der Waals surface area contributed by atoms with Crippen LogP contribution in [0.25, 0.3) is 0 Å². The van der Waals surface area contributed by atoms with Crippen LogP contribution >= 0.6 is 0 Å². The first-order chi connectivity index (χ1) is 13.5. The largest absolute Gasteiger partial charge is 0.384 e. The summed E-state index contributed by atoms with van der Waals surface area (Å²) in [6.45, 7) is 4.19. The number of nitrogens with zero attached hydrogens (tertiary/aromatic N) is 3. The van der Waals surface area contributed by atoms with E-state index in [2.05, 4.69) is 4.98 Å². The molecule has 0 amide bonds. The van der Waals surface area contributed by atoms with Crippen LogP contribution in [-0.4, -0.2) is 48.8 Å². The van der Waals surface area contributed by atoms with Gasteiger partial charge in [0, 0.05) is 32.9 Å². The standard InChI is InChI=1S/C21H29N3O3S/c1-18-8-6-12-22-21(18)16-24(14-19-9-4-3-5-10-19)28(25,26)23-13-7-11-20(15-23)17-27-2/h3-6,8-10,12,20H,7,11,13-17H2,1-2H3. The van der Waals surface area contributed by atoms with Crippen LogP contribution in [0.2, 0.25) is 0 Å². The molecule has 1 unspecified atom stereocenters. The second-order valence-corrected chi connectivity index (χ2v) is 9.28. The molecule has 1 aliphatic heterocycles. The van der Waals surface area contributed by atoms with E-state index < -0.39 is 10.2 Å². The van der Waals surface area contributed by atoms with Crippen LogP contribution < -0.4 is 0 Å². The van der Waals surface area contributed by atoms with Gasteiger partial charge in [-0.1, -0.05) is 36.4 Å². The Labute approximate surface area is 168 Å². The second kappa shape index (κ2) is 9.60. The first-order valence-corrected chi connectivity index (χ1v) is 11.1. The lowest BCUT2D eigenvalue weighted by Gasteiger charge is -2.35. The minimum absolute atomic E-state index is 0.240. The van der Waals surface area contributed by atoms with E-state index in [0.717, 1.165) is 29.7 Å². The van der Waals surface area contributed by atoms with Crippen LogP contribution in [0.1, 0.15) is 29.7 Å². The number of benzene rings is 1.